The molecule has 3 aromatic carbocycles. The molecule has 6 heteroatoms. The second-order valence-electron chi connectivity index (χ2n) is 7.39. The van der Waals surface area contributed by atoms with Gasteiger partial charge in [-0.3, -0.25) is 9.10 Å². The van der Waals surface area contributed by atoms with Gasteiger partial charge < -0.3 is 5.32 Å². The van der Waals surface area contributed by atoms with E-state index in [2.05, 4.69) is 5.32 Å². The van der Waals surface area contributed by atoms with Crippen LogP contribution in [0.5, 0.6) is 0 Å². The lowest BCUT2D eigenvalue weighted by Crippen LogP contribution is -2.26. The number of carbonyl (C=O) groups excluding carboxylic acids is 1. The summed E-state index contributed by atoms with van der Waals surface area (Å²) in [7, 11) is -2.11. The van der Waals surface area contributed by atoms with E-state index in [-0.39, 0.29) is 17.2 Å². The van der Waals surface area contributed by atoms with Crippen molar-refractivity contribution < 1.29 is 13.2 Å². The molecule has 0 fully saturated rings. The summed E-state index contributed by atoms with van der Waals surface area (Å²) in [5.41, 5.74) is 4.58. The predicted molar refractivity (Wildman–Crippen MR) is 120 cm³/mol. The fraction of sp³-hybridized carbons (Fsp3) is 0.208. The molecule has 30 heavy (non-hydrogen) atoms. The zero-order valence-corrected chi connectivity index (χ0v) is 18.2. The Hall–Kier alpha value is -3.12. The Morgan fingerprint density at radius 2 is 1.53 bits per heavy atom. The molecule has 156 valence electrons. The quantitative estimate of drug-likeness (QED) is 0.626. The molecule has 5 nitrogen and oxygen atoms in total. The standard InChI is InChI=1S/C24H26N2O3S/c1-18-7-13-23(14-8-18)30(28,29)26(3)22-11-9-20(10-12-22)16-24(27)25-17-21-6-4-5-19(2)15-21/h4-15H,16-17H2,1-3H3,(H,25,27). The lowest BCUT2D eigenvalue weighted by atomic mass is 10.1. The first-order chi connectivity index (χ1) is 14.3. The number of anilines is 1. The molecule has 0 unspecified atom stereocenters. The molecule has 0 heterocycles. The highest BCUT2D eigenvalue weighted by atomic mass is 32.2. The molecule has 0 aliphatic rings. The van der Waals surface area contributed by atoms with Crippen LogP contribution in [-0.4, -0.2) is 21.4 Å². The Morgan fingerprint density at radius 1 is 0.867 bits per heavy atom. The Bertz CT molecular complexity index is 1120. The van der Waals surface area contributed by atoms with Crippen LogP contribution in [0.15, 0.2) is 77.7 Å². The zero-order valence-electron chi connectivity index (χ0n) is 17.4. The van der Waals surface area contributed by atoms with Crippen molar-refractivity contribution in [1.82, 2.24) is 5.32 Å². The molecule has 1 amide bonds. The van der Waals surface area contributed by atoms with Crippen LogP contribution in [0, 0.1) is 13.8 Å². The van der Waals surface area contributed by atoms with Gasteiger partial charge in [0.1, 0.15) is 0 Å². The van der Waals surface area contributed by atoms with Crippen molar-refractivity contribution in [2.24, 2.45) is 0 Å². The minimum absolute atomic E-state index is 0.0788. The van der Waals surface area contributed by atoms with Gasteiger partial charge in [0.2, 0.25) is 5.91 Å². The lowest BCUT2D eigenvalue weighted by Gasteiger charge is -2.20. The van der Waals surface area contributed by atoms with Crippen LogP contribution in [0.4, 0.5) is 5.69 Å². The molecule has 1 N–H and O–H groups in total. The van der Waals surface area contributed by atoms with Crippen LogP contribution in [0.2, 0.25) is 0 Å². The van der Waals surface area contributed by atoms with Crippen molar-refractivity contribution in [3.63, 3.8) is 0 Å². The van der Waals surface area contributed by atoms with Crippen LogP contribution < -0.4 is 9.62 Å². The van der Waals surface area contributed by atoms with Crippen LogP contribution >= 0.6 is 0 Å². The average molecular weight is 423 g/mol. The predicted octanol–water partition coefficient (Wildman–Crippen LogP) is 3.99. The highest BCUT2D eigenvalue weighted by molar-refractivity contribution is 7.92. The number of carbonyl (C=O) groups is 1. The molecule has 0 saturated carbocycles. The molecule has 3 rings (SSSR count). The van der Waals surface area contributed by atoms with Crippen molar-refractivity contribution in [2.75, 3.05) is 11.4 Å². The topological polar surface area (TPSA) is 66.5 Å². The van der Waals surface area contributed by atoms with E-state index in [1.54, 1.807) is 48.5 Å². The molecule has 0 aliphatic carbocycles. The van der Waals surface area contributed by atoms with E-state index in [1.807, 2.05) is 38.1 Å². The van der Waals surface area contributed by atoms with E-state index >= 15 is 0 Å². The largest absolute Gasteiger partial charge is 0.352 e. The third-order valence-corrected chi connectivity index (χ3v) is 6.72. The molecule has 0 saturated heterocycles. The van der Waals surface area contributed by atoms with Gasteiger partial charge >= 0.3 is 0 Å². The fourth-order valence-electron chi connectivity index (χ4n) is 3.10. The molecule has 0 spiro atoms. The number of sulfonamides is 1. The summed E-state index contributed by atoms with van der Waals surface area (Å²) >= 11 is 0. The number of aryl methyl sites for hydroxylation is 2. The Labute approximate surface area is 178 Å². The van der Waals surface area contributed by atoms with E-state index in [4.69, 9.17) is 0 Å². The molecule has 0 bridgehead atoms. The van der Waals surface area contributed by atoms with E-state index in [9.17, 15) is 13.2 Å². The minimum Gasteiger partial charge on any atom is -0.352 e. The number of hydrogen-bond acceptors (Lipinski definition) is 3. The van der Waals surface area contributed by atoms with Crippen molar-refractivity contribution in [1.29, 1.82) is 0 Å². The van der Waals surface area contributed by atoms with Crippen molar-refractivity contribution >= 4 is 21.6 Å². The first kappa shape index (κ1) is 21.6. The second-order valence-corrected chi connectivity index (χ2v) is 9.36. The summed E-state index contributed by atoms with van der Waals surface area (Å²) in [5, 5.41) is 2.92. The van der Waals surface area contributed by atoms with E-state index < -0.39 is 10.0 Å². The van der Waals surface area contributed by atoms with E-state index in [1.165, 1.54) is 11.4 Å². The summed E-state index contributed by atoms with van der Waals surface area (Å²) < 4.78 is 26.9. The van der Waals surface area contributed by atoms with E-state index in [0.29, 0.717) is 12.2 Å². The van der Waals surface area contributed by atoms with Gasteiger partial charge in [-0.15, -0.1) is 0 Å². The van der Waals surface area contributed by atoms with E-state index in [0.717, 1.165) is 22.3 Å². The van der Waals surface area contributed by atoms with Gasteiger partial charge in [-0.1, -0.05) is 59.7 Å². The molecule has 0 atom stereocenters. The Kier molecular flexibility index (Phi) is 6.57. The maximum atomic E-state index is 12.8. The lowest BCUT2D eigenvalue weighted by molar-refractivity contribution is -0.120. The molecule has 0 aromatic heterocycles. The van der Waals surface area contributed by atoms with Crippen molar-refractivity contribution in [2.45, 2.75) is 31.7 Å². The van der Waals surface area contributed by atoms with Crippen molar-refractivity contribution in [3.8, 4) is 0 Å². The Balaban J connectivity index is 1.62. The molecule has 3 aromatic rings. The number of amides is 1. The van der Waals surface area contributed by atoms with Crippen molar-refractivity contribution in [3.05, 3.63) is 95.1 Å². The minimum atomic E-state index is -3.63. The van der Waals surface area contributed by atoms with Crippen LogP contribution in [-0.2, 0) is 27.8 Å². The Morgan fingerprint density at radius 3 is 2.17 bits per heavy atom. The summed E-state index contributed by atoms with van der Waals surface area (Å²) in [5.74, 6) is -0.0788. The molecular weight excluding hydrogens is 396 g/mol. The van der Waals surface area contributed by atoms with Crippen LogP contribution in [0.3, 0.4) is 0 Å². The average Bonchev–Trinajstić information content (AvgIpc) is 2.73. The van der Waals surface area contributed by atoms with Gasteiger partial charge in [0.15, 0.2) is 0 Å². The highest BCUT2D eigenvalue weighted by Gasteiger charge is 2.21. The maximum Gasteiger partial charge on any atom is 0.264 e. The fourth-order valence-corrected chi connectivity index (χ4v) is 4.30. The monoisotopic (exact) mass is 422 g/mol. The summed E-state index contributed by atoms with van der Waals surface area (Å²) in [6.07, 6.45) is 0.237. The van der Waals surface area contributed by atoms with Crippen LogP contribution in [0.1, 0.15) is 22.3 Å². The van der Waals surface area contributed by atoms with Crippen LogP contribution in [0.25, 0.3) is 0 Å². The second kappa shape index (κ2) is 9.13. The van der Waals surface area contributed by atoms with Gasteiger partial charge in [-0.25, -0.2) is 8.42 Å². The molecular formula is C24H26N2O3S. The van der Waals surface area contributed by atoms with Gasteiger partial charge in [0, 0.05) is 13.6 Å². The van der Waals surface area contributed by atoms with Gasteiger partial charge in [-0.05, 0) is 49.2 Å². The first-order valence-corrected chi connectivity index (χ1v) is 11.2. The van der Waals surface area contributed by atoms with Gasteiger partial charge in [0.05, 0.1) is 17.0 Å². The smallest absolute Gasteiger partial charge is 0.264 e. The summed E-state index contributed by atoms with van der Waals surface area (Å²) in [6, 6.07) is 21.8. The SMILES string of the molecule is Cc1ccc(S(=O)(=O)N(C)c2ccc(CC(=O)NCc3cccc(C)c3)cc2)cc1. The first-order valence-electron chi connectivity index (χ1n) is 9.72. The number of benzene rings is 3. The zero-order chi connectivity index (χ0) is 21.7. The number of hydrogen-bond donors (Lipinski definition) is 1. The normalized spacial score (nSPS) is 11.2. The molecule has 0 radical (unpaired) electrons. The number of nitrogens with zero attached hydrogens (tertiary/aromatic N) is 1. The van der Waals surface area contributed by atoms with Gasteiger partial charge in [-0.2, -0.15) is 0 Å². The number of nitrogens with one attached hydrogen (secondary N) is 1. The maximum absolute atomic E-state index is 12.8. The highest BCUT2D eigenvalue weighted by Crippen LogP contribution is 2.22. The van der Waals surface area contributed by atoms with Gasteiger partial charge in [0.25, 0.3) is 10.0 Å². The third-order valence-electron chi connectivity index (χ3n) is 4.92. The summed E-state index contributed by atoms with van der Waals surface area (Å²) in [6.45, 7) is 4.41. The molecule has 0 aliphatic heterocycles. The number of rotatable bonds is 7. The summed E-state index contributed by atoms with van der Waals surface area (Å²) in [4.78, 5) is 12.5. The third kappa shape index (κ3) is 5.27.